The van der Waals surface area contributed by atoms with Crippen LogP contribution in [0, 0.1) is 11.3 Å². The van der Waals surface area contributed by atoms with Crippen molar-refractivity contribution in [2.24, 2.45) is 0 Å². The molecule has 108 valence electrons. The number of benzene rings is 1. The molecule has 0 saturated carbocycles. The summed E-state index contributed by atoms with van der Waals surface area (Å²) in [6.45, 7) is -0.465. The second kappa shape index (κ2) is 7.00. The number of sulfonamides is 1. The largest absolute Gasteiger partial charge is 0.467 e. The Kier molecular flexibility index (Phi) is 5.64. The molecule has 0 fully saturated rings. The molecule has 0 saturated heterocycles. The highest BCUT2D eigenvalue weighted by Gasteiger charge is 2.19. The highest BCUT2D eigenvalue weighted by molar-refractivity contribution is 7.88. The molecule has 1 atom stereocenters. The number of carbonyl (C=O) groups is 1. The molecular weight excluding hydrogens is 284 g/mol. The van der Waals surface area contributed by atoms with Crippen molar-refractivity contribution >= 4 is 16.0 Å². The Morgan fingerprint density at radius 2 is 2.25 bits per heavy atom. The van der Waals surface area contributed by atoms with Gasteiger partial charge in [-0.15, -0.1) is 0 Å². The molecule has 0 bridgehead atoms. The minimum atomic E-state index is -3.72. The lowest BCUT2D eigenvalue weighted by Crippen LogP contribution is -2.37. The molecule has 0 heterocycles. The summed E-state index contributed by atoms with van der Waals surface area (Å²) in [4.78, 5) is 10.9. The van der Waals surface area contributed by atoms with Crippen molar-refractivity contribution in [3.05, 3.63) is 35.4 Å². The van der Waals surface area contributed by atoms with Gasteiger partial charge >= 0.3 is 5.97 Å². The number of aliphatic hydroxyl groups is 1. The minimum Gasteiger partial charge on any atom is -0.467 e. The van der Waals surface area contributed by atoms with Gasteiger partial charge in [0, 0.05) is 6.54 Å². The van der Waals surface area contributed by atoms with Crippen molar-refractivity contribution < 1.29 is 23.1 Å². The van der Waals surface area contributed by atoms with E-state index in [-0.39, 0.29) is 5.75 Å². The van der Waals surface area contributed by atoms with E-state index in [0.29, 0.717) is 11.1 Å². The molecule has 0 aliphatic carbocycles. The minimum absolute atomic E-state index is 0.351. The number of esters is 1. The fourth-order valence-corrected chi connectivity index (χ4v) is 2.56. The lowest BCUT2D eigenvalue weighted by molar-refractivity contribution is -0.149. The van der Waals surface area contributed by atoms with Crippen LogP contribution in [0.5, 0.6) is 0 Å². The Balaban J connectivity index is 2.66. The maximum atomic E-state index is 11.8. The van der Waals surface area contributed by atoms with E-state index in [2.05, 4.69) is 9.46 Å². The van der Waals surface area contributed by atoms with E-state index in [1.54, 1.807) is 18.2 Å². The zero-order valence-corrected chi connectivity index (χ0v) is 11.6. The molecule has 1 rings (SSSR count). The van der Waals surface area contributed by atoms with Crippen LogP contribution in [-0.4, -0.2) is 39.3 Å². The number of aliphatic hydroxyl groups excluding tert-OH is 1. The summed E-state index contributed by atoms with van der Waals surface area (Å²) in [5.41, 5.74) is 0.788. The van der Waals surface area contributed by atoms with Gasteiger partial charge in [-0.3, -0.25) is 0 Å². The van der Waals surface area contributed by atoms with Gasteiger partial charge in [-0.25, -0.2) is 17.9 Å². The summed E-state index contributed by atoms with van der Waals surface area (Å²) < 4.78 is 29.9. The average molecular weight is 298 g/mol. The maximum Gasteiger partial charge on any atom is 0.336 e. The number of nitrogens with one attached hydrogen (secondary N) is 1. The van der Waals surface area contributed by atoms with Crippen molar-refractivity contribution in [1.29, 1.82) is 5.26 Å². The van der Waals surface area contributed by atoms with Crippen molar-refractivity contribution in [1.82, 2.24) is 4.72 Å². The highest BCUT2D eigenvalue weighted by Crippen LogP contribution is 2.07. The van der Waals surface area contributed by atoms with Crippen LogP contribution in [0.1, 0.15) is 11.1 Å². The zero-order valence-electron chi connectivity index (χ0n) is 10.7. The number of hydrogen-bond acceptors (Lipinski definition) is 6. The van der Waals surface area contributed by atoms with Crippen LogP contribution in [0.25, 0.3) is 0 Å². The van der Waals surface area contributed by atoms with E-state index in [1.807, 2.05) is 6.07 Å². The molecule has 0 radical (unpaired) electrons. The van der Waals surface area contributed by atoms with E-state index in [0.717, 1.165) is 7.11 Å². The van der Waals surface area contributed by atoms with E-state index in [1.165, 1.54) is 6.07 Å². The van der Waals surface area contributed by atoms with Gasteiger partial charge in [0.2, 0.25) is 10.0 Å². The Hall–Kier alpha value is -1.95. The van der Waals surface area contributed by atoms with Crippen molar-refractivity contribution in [3.8, 4) is 6.07 Å². The first-order chi connectivity index (χ1) is 9.38. The van der Waals surface area contributed by atoms with Crippen LogP contribution < -0.4 is 4.72 Å². The van der Waals surface area contributed by atoms with Crippen molar-refractivity contribution in [3.63, 3.8) is 0 Å². The number of carbonyl (C=O) groups excluding carboxylic acids is 1. The number of ether oxygens (including phenoxy) is 1. The number of methoxy groups -OCH3 is 1. The standard InChI is InChI=1S/C12H14N2O5S/c1-19-12(16)11(15)7-14-20(17,18)8-10-4-2-3-9(5-10)6-13/h2-5,11,14-15H,7-8H2,1H3. The molecule has 7 nitrogen and oxygen atoms in total. The summed E-state index contributed by atoms with van der Waals surface area (Å²) in [5.74, 6) is -1.27. The van der Waals surface area contributed by atoms with Crippen molar-refractivity contribution in [2.45, 2.75) is 11.9 Å². The smallest absolute Gasteiger partial charge is 0.336 e. The molecule has 0 aliphatic rings. The molecule has 0 spiro atoms. The average Bonchev–Trinajstić information content (AvgIpc) is 2.43. The van der Waals surface area contributed by atoms with Crippen LogP contribution in [0.15, 0.2) is 24.3 Å². The van der Waals surface area contributed by atoms with E-state index in [9.17, 15) is 18.3 Å². The fourth-order valence-electron chi connectivity index (χ4n) is 1.43. The Bertz CT molecular complexity index is 621. The third-order valence-electron chi connectivity index (χ3n) is 2.38. The lowest BCUT2D eigenvalue weighted by atomic mass is 10.2. The van der Waals surface area contributed by atoms with Crippen LogP contribution in [-0.2, 0) is 25.3 Å². The first-order valence-electron chi connectivity index (χ1n) is 5.60. The van der Waals surface area contributed by atoms with Gasteiger partial charge < -0.3 is 9.84 Å². The van der Waals surface area contributed by atoms with Crippen molar-refractivity contribution in [2.75, 3.05) is 13.7 Å². The van der Waals surface area contributed by atoms with Gasteiger partial charge in [-0.2, -0.15) is 5.26 Å². The number of hydrogen-bond donors (Lipinski definition) is 2. The Morgan fingerprint density at radius 1 is 1.55 bits per heavy atom. The van der Waals surface area contributed by atoms with Gasteiger partial charge in [0.15, 0.2) is 6.10 Å². The number of rotatable bonds is 6. The number of nitrogens with zero attached hydrogens (tertiary/aromatic N) is 1. The predicted molar refractivity (Wildman–Crippen MR) is 69.8 cm³/mol. The molecule has 0 amide bonds. The first kappa shape index (κ1) is 16.1. The topological polar surface area (TPSA) is 116 Å². The molecule has 20 heavy (non-hydrogen) atoms. The van der Waals surface area contributed by atoms with Crippen LogP contribution in [0.4, 0.5) is 0 Å². The highest BCUT2D eigenvalue weighted by atomic mass is 32.2. The van der Waals surface area contributed by atoms with Gasteiger partial charge in [-0.05, 0) is 17.7 Å². The molecule has 1 aromatic carbocycles. The van der Waals surface area contributed by atoms with E-state index in [4.69, 9.17) is 5.26 Å². The molecule has 1 aromatic rings. The van der Waals surface area contributed by atoms with Crippen LogP contribution >= 0.6 is 0 Å². The second-order valence-electron chi connectivity index (χ2n) is 3.96. The SMILES string of the molecule is COC(=O)C(O)CNS(=O)(=O)Cc1cccc(C#N)c1. The molecule has 0 aromatic heterocycles. The Labute approximate surface area is 116 Å². The van der Waals surface area contributed by atoms with Gasteiger partial charge in [0.25, 0.3) is 0 Å². The molecule has 1 unspecified atom stereocenters. The summed E-state index contributed by atoms with van der Waals surface area (Å²) in [5, 5.41) is 18.0. The van der Waals surface area contributed by atoms with Gasteiger partial charge in [-0.1, -0.05) is 12.1 Å². The third kappa shape index (κ3) is 4.97. The predicted octanol–water partition coefficient (Wildman–Crippen LogP) is -0.488. The molecule has 0 aliphatic heterocycles. The first-order valence-corrected chi connectivity index (χ1v) is 7.25. The maximum absolute atomic E-state index is 11.8. The van der Waals surface area contributed by atoms with E-state index < -0.39 is 28.6 Å². The van der Waals surface area contributed by atoms with Gasteiger partial charge in [0.1, 0.15) is 0 Å². The van der Waals surface area contributed by atoms with Crippen LogP contribution in [0.3, 0.4) is 0 Å². The summed E-state index contributed by atoms with van der Waals surface area (Å²) in [6.07, 6.45) is -1.56. The van der Waals surface area contributed by atoms with Gasteiger partial charge in [0.05, 0.1) is 24.5 Å². The summed E-state index contributed by atoms with van der Waals surface area (Å²) >= 11 is 0. The quantitative estimate of drug-likeness (QED) is 0.685. The zero-order chi connectivity index (χ0) is 15.2. The normalized spacial score (nSPS) is 12.4. The fraction of sp³-hybridized carbons (Fsp3) is 0.333. The summed E-state index contributed by atoms with van der Waals surface area (Å²) in [7, 11) is -2.63. The third-order valence-corrected chi connectivity index (χ3v) is 3.70. The lowest BCUT2D eigenvalue weighted by Gasteiger charge is -2.10. The Morgan fingerprint density at radius 3 is 2.85 bits per heavy atom. The molecule has 8 heteroatoms. The van der Waals surface area contributed by atoms with E-state index >= 15 is 0 Å². The summed E-state index contributed by atoms with van der Waals surface area (Å²) in [6, 6.07) is 8.07. The number of nitriles is 1. The second-order valence-corrected chi connectivity index (χ2v) is 5.77. The van der Waals surface area contributed by atoms with Crippen LogP contribution in [0.2, 0.25) is 0 Å². The molecule has 2 N–H and O–H groups in total. The molecular formula is C12H14N2O5S. The monoisotopic (exact) mass is 298 g/mol.